The van der Waals surface area contributed by atoms with Crippen molar-refractivity contribution >= 4 is 23.5 Å². The van der Waals surface area contributed by atoms with Gasteiger partial charge in [-0.2, -0.15) is 0 Å². The van der Waals surface area contributed by atoms with E-state index in [9.17, 15) is 9.18 Å². The molecule has 0 aliphatic rings. The molecule has 0 fully saturated rings. The predicted molar refractivity (Wildman–Crippen MR) is 88.2 cm³/mol. The van der Waals surface area contributed by atoms with Crippen molar-refractivity contribution < 1.29 is 13.9 Å². The molecule has 0 saturated heterocycles. The molecule has 2 aromatic rings. The van der Waals surface area contributed by atoms with Crippen LogP contribution in [0.4, 0.5) is 10.2 Å². The van der Waals surface area contributed by atoms with Gasteiger partial charge in [-0.15, -0.1) is 0 Å². The highest BCUT2D eigenvalue weighted by Crippen LogP contribution is 2.19. The van der Waals surface area contributed by atoms with Crippen molar-refractivity contribution in [3.8, 4) is 0 Å². The Kier molecular flexibility index (Phi) is 5.92. The zero-order valence-electron chi connectivity index (χ0n) is 13.2. The Hall–Kier alpha value is -2.15. The minimum atomic E-state index is -0.488. The molecule has 1 aromatic carbocycles. The van der Waals surface area contributed by atoms with Gasteiger partial charge in [-0.1, -0.05) is 23.9 Å². The van der Waals surface area contributed by atoms with Crippen LogP contribution in [-0.2, 0) is 11.3 Å². The summed E-state index contributed by atoms with van der Waals surface area (Å²) in [4.78, 5) is 20.4. The highest BCUT2D eigenvalue weighted by molar-refractivity contribution is 7.98. The van der Waals surface area contributed by atoms with Gasteiger partial charge in [0.1, 0.15) is 17.2 Å². The number of nitrogens with one attached hydrogen (secondary N) is 1. The van der Waals surface area contributed by atoms with Crippen molar-refractivity contribution in [1.82, 2.24) is 9.97 Å². The fraction of sp³-hybridized carbons (Fsp3) is 0.312. The van der Waals surface area contributed by atoms with Gasteiger partial charge in [0, 0.05) is 12.7 Å². The average molecular weight is 335 g/mol. The molecule has 23 heavy (non-hydrogen) atoms. The number of aromatic nitrogens is 2. The van der Waals surface area contributed by atoms with Crippen LogP contribution in [0.1, 0.15) is 28.4 Å². The Labute approximate surface area is 138 Å². The molecule has 2 rings (SSSR count). The van der Waals surface area contributed by atoms with Crippen LogP contribution >= 0.6 is 11.8 Å². The molecule has 122 valence electrons. The van der Waals surface area contributed by atoms with E-state index >= 15 is 0 Å². The molecular formula is C16H18FN3O2S. The van der Waals surface area contributed by atoms with Gasteiger partial charge in [-0.05, 0) is 37.3 Å². The summed E-state index contributed by atoms with van der Waals surface area (Å²) in [6.07, 6.45) is 3.29. The van der Waals surface area contributed by atoms with E-state index in [0.717, 1.165) is 5.56 Å². The Morgan fingerprint density at radius 3 is 2.87 bits per heavy atom. The minimum absolute atomic E-state index is 0.261. The highest BCUT2D eigenvalue weighted by atomic mass is 32.2. The molecule has 0 aliphatic heterocycles. The van der Waals surface area contributed by atoms with Crippen molar-refractivity contribution in [3.05, 3.63) is 46.9 Å². The summed E-state index contributed by atoms with van der Waals surface area (Å²) in [5.74, 6) is -0.371. The lowest BCUT2D eigenvalue weighted by Gasteiger charge is -2.11. The number of benzene rings is 1. The SMILES string of the molecule is CCOC(=O)c1cnc(SC)nc1NCc1ccc(C)c(F)c1. The topological polar surface area (TPSA) is 64.1 Å². The number of hydrogen-bond donors (Lipinski definition) is 1. The number of esters is 1. The number of rotatable bonds is 6. The number of halogens is 1. The predicted octanol–water partition coefficient (Wildman–Crippen LogP) is 3.43. The lowest BCUT2D eigenvalue weighted by atomic mass is 10.1. The second-order valence-corrected chi connectivity index (χ2v) is 5.55. The molecule has 7 heteroatoms. The second-order valence-electron chi connectivity index (χ2n) is 4.78. The molecule has 0 radical (unpaired) electrons. The van der Waals surface area contributed by atoms with E-state index in [2.05, 4.69) is 15.3 Å². The first-order chi connectivity index (χ1) is 11.0. The third-order valence-electron chi connectivity index (χ3n) is 3.14. The first kappa shape index (κ1) is 17.2. The largest absolute Gasteiger partial charge is 0.462 e. The number of anilines is 1. The molecule has 1 heterocycles. The lowest BCUT2D eigenvalue weighted by Crippen LogP contribution is -2.12. The molecule has 0 unspecified atom stereocenters. The van der Waals surface area contributed by atoms with Crippen LogP contribution in [0.15, 0.2) is 29.6 Å². The van der Waals surface area contributed by atoms with Crippen LogP contribution in [0.5, 0.6) is 0 Å². The van der Waals surface area contributed by atoms with E-state index in [1.807, 2.05) is 12.3 Å². The van der Waals surface area contributed by atoms with Gasteiger partial charge in [0.05, 0.1) is 6.61 Å². The molecule has 1 N–H and O–H groups in total. The minimum Gasteiger partial charge on any atom is -0.462 e. The fourth-order valence-corrected chi connectivity index (χ4v) is 2.23. The first-order valence-corrected chi connectivity index (χ1v) is 8.34. The number of thioether (sulfide) groups is 1. The molecule has 0 bridgehead atoms. The molecule has 0 aliphatic carbocycles. The monoisotopic (exact) mass is 335 g/mol. The van der Waals surface area contributed by atoms with Gasteiger partial charge in [-0.3, -0.25) is 0 Å². The van der Waals surface area contributed by atoms with Crippen LogP contribution in [-0.4, -0.2) is 28.8 Å². The molecule has 0 amide bonds. The smallest absolute Gasteiger partial charge is 0.343 e. The quantitative estimate of drug-likeness (QED) is 0.496. The second kappa shape index (κ2) is 7.92. The summed E-state index contributed by atoms with van der Waals surface area (Å²) < 4.78 is 18.6. The van der Waals surface area contributed by atoms with Crippen molar-refractivity contribution in [2.24, 2.45) is 0 Å². The number of hydrogen-bond acceptors (Lipinski definition) is 6. The summed E-state index contributed by atoms with van der Waals surface area (Å²) in [5.41, 5.74) is 1.61. The van der Waals surface area contributed by atoms with Gasteiger partial charge in [0.25, 0.3) is 0 Å². The number of ether oxygens (including phenoxy) is 1. The normalized spacial score (nSPS) is 10.4. The van der Waals surface area contributed by atoms with Gasteiger partial charge in [-0.25, -0.2) is 19.2 Å². The number of nitrogens with zero attached hydrogens (tertiary/aromatic N) is 2. The lowest BCUT2D eigenvalue weighted by molar-refractivity contribution is 0.0526. The third kappa shape index (κ3) is 4.41. The summed E-state index contributed by atoms with van der Waals surface area (Å²) in [6, 6.07) is 5.00. The Bertz CT molecular complexity index is 710. The molecule has 0 spiro atoms. The van der Waals surface area contributed by atoms with Crippen LogP contribution in [0.25, 0.3) is 0 Å². The summed E-state index contributed by atoms with van der Waals surface area (Å²) in [5, 5.41) is 3.60. The van der Waals surface area contributed by atoms with E-state index in [-0.39, 0.29) is 18.0 Å². The maximum absolute atomic E-state index is 13.6. The van der Waals surface area contributed by atoms with Crippen molar-refractivity contribution in [3.63, 3.8) is 0 Å². The van der Waals surface area contributed by atoms with Crippen molar-refractivity contribution in [2.45, 2.75) is 25.5 Å². The van der Waals surface area contributed by atoms with Gasteiger partial charge in [0.15, 0.2) is 5.16 Å². The van der Waals surface area contributed by atoms with Crippen molar-refractivity contribution in [2.75, 3.05) is 18.2 Å². The highest BCUT2D eigenvalue weighted by Gasteiger charge is 2.15. The third-order valence-corrected chi connectivity index (χ3v) is 3.70. The Morgan fingerprint density at radius 2 is 2.22 bits per heavy atom. The van der Waals surface area contributed by atoms with E-state index < -0.39 is 5.97 Å². The zero-order valence-corrected chi connectivity index (χ0v) is 14.0. The maximum atomic E-state index is 13.6. The van der Waals surface area contributed by atoms with Crippen molar-refractivity contribution in [1.29, 1.82) is 0 Å². The molecule has 0 atom stereocenters. The summed E-state index contributed by atoms with van der Waals surface area (Å²) >= 11 is 1.37. The number of carbonyl (C=O) groups is 1. The Morgan fingerprint density at radius 1 is 1.43 bits per heavy atom. The van der Waals surface area contributed by atoms with Gasteiger partial charge >= 0.3 is 5.97 Å². The molecule has 1 aromatic heterocycles. The zero-order chi connectivity index (χ0) is 16.8. The summed E-state index contributed by atoms with van der Waals surface area (Å²) in [6.45, 7) is 4.05. The average Bonchev–Trinajstić information content (AvgIpc) is 2.55. The van der Waals surface area contributed by atoms with E-state index in [1.54, 1.807) is 19.9 Å². The van der Waals surface area contributed by atoms with Crippen LogP contribution in [0.2, 0.25) is 0 Å². The molecule has 0 saturated carbocycles. The van der Waals surface area contributed by atoms with Gasteiger partial charge < -0.3 is 10.1 Å². The number of aryl methyl sites for hydroxylation is 1. The Balaban J connectivity index is 2.22. The van der Waals surface area contributed by atoms with E-state index in [4.69, 9.17) is 4.74 Å². The molecular weight excluding hydrogens is 317 g/mol. The standard InChI is InChI=1S/C16H18FN3O2S/c1-4-22-15(21)12-9-19-16(23-3)20-14(12)18-8-11-6-5-10(2)13(17)7-11/h5-7,9H,4,8H2,1-3H3,(H,18,19,20). The van der Waals surface area contributed by atoms with E-state index in [0.29, 0.717) is 23.1 Å². The summed E-state index contributed by atoms with van der Waals surface area (Å²) in [7, 11) is 0. The number of carbonyl (C=O) groups excluding carboxylic acids is 1. The molecule has 5 nitrogen and oxygen atoms in total. The van der Waals surface area contributed by atoms with Gasteiger partial charge in [0.2, 0.25) is 0 Å². The van der Waals surface area contributed by atoms with E-state index in [1.165, 1.54) is 24.0 Å². The van der Waals surface area contributed by atoms with Crippen LogP contribution in [0, 0.1) is 12.7 Å². The fourth-order valence-electron chi connectivity index (χ4n) is 1.89. The van der Waals surface area contributed by atoms with Crippen LogP contribution < -0.4 is 5.32 Å². The maximum Gasteiger partial charge on any atom is 0.343 e. The first-order valence-electron chi connectivity index (χ1n) is 7.12. The van der Waals surface area contributed by atoms with Crippen LogP contribution in [0.3, 0.4) is 0 Å².